The Bertz CT molecular complexity index is 1430. The molecule has 34 heavy (non-hydrogen) atoms. The Morgan fingerprint density at radius 1 is 1.12 bits per heavy atom. The molecule has 1 N–H and O–H groups in total. The number of para-hydroxylation sites is 1. The number of methoxy groups -OCH3 is 2. The van der Waals surface area contributed by atoms with Crippen LogP contribution in [0.3, 0.4) is 0 Å². The summed E-state index contributed by atoms with van der Waals surface area (Å²) < 4.78 is 16.5. The van der Waals surface area contributed by atoms with Crippen molar-refractivity contribution >= 4 is 39.1 Å². The zero-order valence-corrected chi connectivity index (χ0v) is 19.4. The second-order valence-electron chi connectivity index (χ2n) is 7.70. The van der Waals surface area contributed by atoms with Crippen LogP contribution in [0.5, 0.6) is 11.5 Å². The van der Waals surface area contributed by atoms with Gasteiger partial charge in [0, 0.05) is 10.8 Å². The zero-order valence-electron chi connectivity index (χ0n) is 18.6. The van der Waals surface area contributed by atoms with Gasteiger partial charge in [0.1, 0.15) is 5.58 Å². The fraction of sp³-hybridized carbons (Fsp3) is 0.160. The van der Waals surface area contributed by atoms with Crippen LogP contribution in [0.15, 0.2) is 69.7 Å². The Kier molecular flexibility index (Phi) is 5.33. The standard InChI is InChI=1S/C25H20N2O6S/c1-13-12-34-25(26-13)27-21(15-8-9-17(31-2)18(11-15)32-3)20(23(29)24(27)30)22(28)19-10-14-6-4-5-7-16(14)33-19/h4-12,21,29H,1-3H3. The van der Waals surface area contributed by atoms with Crippen LogP contribution in [-0.4, -0.2) is 36.0 Å². The van der Waals surface area contributed by atoms with Crippen molar-refractivity contribution in [2.45, 2.75) is 13.0 Å². The van der Waals surface area contributed by atoms with E-state index in [0.29, 0.717) is 27.8 Å². The fourth-order valence-corrected chi connectivity index (χ4v) is 4.88. The summed E-state index contributed by atoms with van der Waals surface area (Å²) >= 11 is 1.25. The van der Waals surface area contributed by atoms with Crippen LogP contribution >= 0.6 is 11.3 Å². The topological polar surface area (TPSA) is 102 Å². The van der Waals surface area contributed by atoms with E-state index >= 15 is 0 Å². The van der Waals surface area contributed by atoms with Crippen molar-refractivity contribution in [2.75, 3.05) is 19.1 Å². The van der Waals surface area contributed by atoms with Gasteiger partial charge >= 0.3 is 0 Å². The summed E-state index contributed by atoms with van der Waals surface area (Å²) in [4.78, 5) is 32.6. The van der Waals surface area contributed by atoms with E-state index in [1.807, 2.05) is 12.1 Å². The highest BCUT2D eigenvalue weighted by atomic mass is 32.1. The second-order valence-corrected chi connectivity index (χ2v) is 8.54. The summed E-state index contributed by atoms with van der Waals surface area (Å²) in [5, 5.41) is 13.8. The molecule has 1 aliphatic heterocycles. The first-order valence-electron chi connectivity index (χ1n) is 10.4. The molecule has 172 valence electrons. The minimum absolute atomic E-state index is 0.0261. The molecule has 0 fully saturated rings. The number of ketones is 1. The van der Waals surface area contributed by atoms with Gasteiger partial charge in [-0.15, -0.1) is 11.3 Å². The lowest BCUT2D eigenvalue weighted by atomic mass is 9.95. The molecule has 8 nitrogen and oxygen atoms in total. The molecule has 5 rings (SSSR count). The van der Waals surface area contributed by atoms with Crippen LogP contribution in [-0.2, 0) is 4.79 Å². The number of carbonyl (C=O) groups is 2. The number of benzene rings is 2. The van der Waals surface area contributed by atoms with E-state index in [9.17, 15) is 14.7 Å². The predicted octanol–water partition coefficient (Wildman–Crippen LogP) is 5.00. The molecule has 4 aromatic rings. The number of aryl methyl sites for hydroxylation is 1. The number of furan rings is 1. The fourth-order valence-electron chi connectivity index (χ4n) is 4.05. The number of hydrogen-bond donors (Lipinski definition) is 1. The lowest BCUT2D eigenvalue weighted by Gasteiger charge is -2.25. The number of ether oxygens (including phenoxy) is 2. The molecule has 0 radical (unpaired) electrons. The van der Waals surface area contributed by atoms with E-state index < -0.39 is 23.5 Å². The number of aromatic nitrogens is 1. The average Bonchev–Trinajstić information content (AvgIpc) is 3.54. The number of amides is 1. The first-order valence-corrected chi connectivity index (χ1v) is 11.2. The van der Waals surface area contributed by atoms with Crippen LogP contribution < -0.4 is 14.4 Å². The second kappa shape index (κ2) is 8.35. The Morgan fingerprint density at radius 3 is 2.56 bits per heavy atom. The highest BCUT2D eigenvalue weighted by Crippen LogP contribution is 2.44. The predicted molar refractivity (Wildman–Crippen MR) is 127 cm³/mol. The molecular weight excluding hydrogens is 456 g/mol. The smallest absolute Gasteiger partial charge is 0.296 e. The van der Waals surface area contributed by atoms with Gasteiger partial charge in [-0.05, 0) is 36.8 Å². The maximum Gasteiger partial charge on any atom is 0.296 e. The monoisotopic (exact) mass is 476 g/mol. The molecule has 9 heteroatoms. The molecule has 1 amide bonds. The molecule has 0 aliphatic carbocycles. The van der Waals surface area contributed by atoms with Gasteiger partial charge < -0.3 is 19.0 Å². The van der Waals surface area contributed by atoms with Gasteiger partial charge in [0.05, 0.1) is 31.5 Å². The van der Waals surface area contributed by atoms with E-state index in [1.165, 1.54) is 30.5 Å². The Labute approximate surface area is 198 Å². The van der Waals surface area contributed by atoms with Gasteiger partial charge in [-0.3, -0.25) is 14.5 Å². The van der Waals surface area contributed by atoms with Gasteiger partial charge in [-0.25, -0.2) is 4.98 Å². The molecule has 2 aromatic heterocycles. The van der Waals surface area contributed by atoms with E-state index in [-0.39, 0.29) is 11.3 Å². The Balaban J connectivity index is 1.68. The van der Waals surface area contributed by atoms with Crippen molar-refractivity contribution < 1.29 is 28.6 Å². The number of hydrogen-bond acceptors (Lipinski definition) is 8. The van der Waals surface area contributed by atoms with Crippen molar-refractivity contribution in [2.24, 2.45) is 0 Å². The van der Waals surface area contributed by atoms with Crippen molar-refractivity contribution in [3.8, 4) is 11.5 Å². The van der Waals surface area contributed by atoms with Gasteiger partial charge in [0.25, 0.3) is 5.91 Å². The minimum atomic E-state index is -0.946. The third-order valence-corrected chi connectivity index (χ3v) is 6.60. The van der Waals surface area contributed by atoms with Crippen LogP contribution in [0, 0.1) is 6.92 Å². The van der Waals surface area contributed by atoms with E-state index in [0.717, 1.165) is 11.1 Å². The molecule has 1 aliphatic rings. The van der Waals surface area contributed by atoms with Gasteiger partial charge in [0.2, 0.25) is 5.78 Å². The summed E-state index contributed by atoms with van der Waals surface area (Å²) in [5.41, 5.74) is 1.70. The first-order chi connectivity index (χ1) is 16.4. The number of aliphatic hydroxyl groups is 1. The molecule has 1 unspecified atom stereocenters. The molecule has 3 heterocycles. The molecule has 0 saturated heterocycles. The highest BCUT2D eigenvalue weighted by molar-refractivity contribution is 7.14. The van der Waals surface area contributed by atoms with Gasteiger partial charge in [0.15, 0.2) is 28.1 Å². The van der Waals surface area contributed by atoms with E-state index in [2.05, 4.69) is 4.98 Å². The third-order valence-electron chi connectivity index (χ3n) is 5.64. The van der Waals surface area contributed by atoms with Gasteiger partial charge in [-0.1, -0.05) is 24.3 Å². The number of Topliss-reactive ketones (excluding diaryl/α,β-unsaturated/α-hetero) is 1. The quantitative estimate of drug-likeness (QED) is 0.391. The molecule has 1 atom stereocenters. The number of nitrogens with zero attached hydrogens (tertiary/aromatic N) is 2. The van der Waals surface area contributed by atoms with Crippen LogP contribution in [0.2, 0.25) is 0 Å². The Hall–Kier alpha value is -4.11. The summed E-state index contributed by atoms with van der Waals surface area (Å²) in [7, 11) is 3.01. The van der Waals surface area contributed by atoms with Crippen LogP contribution in [0.4, 0.5) is 5.13 Å². The van der Waals surface area contributed by atoms with E-state index in [1.54, 1.807) is 48.7 Å². The molecule has 2 aromatic carbocycles. The summed E-state index contributed by atoms with van der Waals surface area (Å²) in [6, 6.07) is 12.9. The zero-order chi connectivity index (χ0) is 24.0. The highest BCUT2D eigenvalue weighted by Gasteiger charge is 2.46. The largest absolute Gasteiger partial charge is 0.503 e. The number of rotatable bonds is 6. The number of thiazole rings is 1. The summed E-state index contributed by atoms with van der Waals surface area (Å²) in [6.07, 6.45) is 0. The summed E-state index contributed by atoms with van der Waals surface area (Å²) in [6.45, 7) is 1.81. The lowest BCUT2D eigenvalue weighted by molar-refractivity contribution is -0.117. The van der Waals surface area contributed by atoms with E-state index in [4.69, 9.17) is 13.9 Å². The van der Waals surface area contributed by atoms with Crippen molar-refractivity contribution in [1.82, 2.24) is 4.98 Å². The number of fused-ring (bicyclic) bond motifs is 1. The van der Waals surface area contributed by atoms with Crippen molar-refractivity contribution in [3.63, 3.8) is 0 Å². The minimum Gasteiger partial charge on any atom is -0.503 e. The van der Waals surface area contributed by atoms with Crippen LogP contribution in [0.25, 0.3) is 11.0 Å². The lowest BCUT2D eigenvalue weighted by Crippen LogP contribution is -2.31. The van der Waals surface area contributed by atoms with Crippen molar-refractivity contribution in [1.29, 1.82) is 0 Å². The van der Waals surface area contributed by atoms with Crippen LogP contribution in [0.1, 0.15) is 27.9 Å². The molecule has 0 saturated carbocycles. The molecule has 0 bridgehead atoms. The summed E-state index contributed by atoms with van der Waals surface area (Å²) in [5.74, 6) is -1.00. The molecule has 0 spiro atoms. The Morgan fingerprint density at radius 2 is 1.88 bits per heavy atom. The van der Waals surface area contributed by atoms with Crippen molar-refractivity contribution in [3.05, 3.63) is 82.3 Å². The molecular formula is C25H20N2O6S. The van der Waals surface area contributed by atoms with Gasteiger partial charge in [-0.2, -0.15) is 0 Å². The maximum atomic E-state index is 13.7. The first kappa shape index (κ1) is 21.7. The SMILES string of the molecule is COc1ccc(C2C(C(=O)c3cc4ccccc4o3)=C(O)C(=O)N2c2nc(C)cs2)cc1OC. The third kappa shape index (κ3) is 3.41. The number of carbonyl (C=O) groups excluding carboxylic acids is 2. The number of aliphatic hydroxyl groups excluding tert-OH is 1. The normalized spacial score (nSPS) is 15.9. The maximum absolute atomic E-state index is 13.7. The average molecular weight is 477 g/mol. The number of anilines is 1.